The van der Waals surface area contributed by atoms with Gasteiger partial charge in [0.05, 0.1) is 19.3 Å². The van der Waals surface area contributed by atoms with Gasteiger partial charge in [0.25, 0.3) is 5.56 Å². The van der Waals surface area contributed by atoms with Crippen molar-refractivity contribution < 1.29 is 14.6 Å². The summed E-state index contributed by atoms with van der Waals surface area (Å²) in [7, 11) is 0. The molecule has 19 heavy (non-hydrogen) atoms. The lowest BCUT2D eigenvalue weighted by Gasteiger charge is -2.15. The van der Waals surface area contributed by atoms with Crippen molar-refractivity contribution in [3.63, 3.8) is 0 Å². The number of nitrogens with two attached hydrogens (primary N) is 1. The molecule has 0 bridgehead atoms. The molecule has 4 N–H and O–H groups in total. The number of nitrogens with one attached hydrogen (secondary N) is 1. The van der Waals surface area contributed by atoms with Gasteiger partial charge >= 0.3 is 5.69 Å². The van der Waals surface area contributed by atoms with Gasteiger partial charge in [-0.15, -0.1) is 0 Å². The highest BCUT2D eigenvalue weighted by Gasteiger charge is 2.36. The normalized spacial score (nSPS) is 26.7. The molecule has 0 radical (unpaired) electrons. The number of aliphatic hydroxyl groups excluding tert-OH is 1. The molecule has 0 spiro atoms. The first-order valence-corrected chi connectivity index (χ1v) is 6.05. The number of nitrogens with zero attached hydrogens (tertiary/aromatic N) is 1. The SMILES string of the molecule is NCCO[C@H]1C[C@H](n2ccc(=O)[nH]c2=O)O[C@@H]1CO. The van der Waals surface area contributed by atoms with Gasteiger partial charge in [0, 0.05) is 25.2 Å². The van der Waals surface area contributed by atoms with Crippen LogP contribution >= 0.6 is 0 Å². The molecule has 0 unspecified atom stereocenters. The Morgan fingerprint density at radius 1 is 1.58 bits per heavy atom. The zero-order valence-electron chi connectivity index (χ0n) is 10.3. The van der Waals surface area contributed by atoms with Crippen LogP contribution in [0.15, 0.2) is 21.9 Å². The average Bonchev–Trinajstić information content (AvgIpc) is 2.79. The van der Waals surface area contributed by atoms with E-state index in [4.69, 9.17) is 15.2 Å². The lowest BCUT2D eigenvalue weighted by Crippen LogP contribution is -2.31. The Hall–Kier alpha value is -1.48. The number of hydrogen-bond acceptors (Lipinski definition) is 6. The first-order valence-electron chi connectivity index (χ1n) is 6.05. The van der Waals surface area contributed by atoms with Gasteiger partial charge in [0.1, 0.15) is 12.3 Å². The molecule has 0 saturated carbocycles. The lowest BCUT2D eigenvalue weighted by atomic mass is 10.2. The summed E-state index contributed by atoms with van der Waals surface area (Å²) in [5.41, 5.74) is 4.35. The van der Waals surface area contributed by atoms with Crippen LogP contribution in [0.2, 0.25) is 0 Å². The predicted molar refractivity (Wildman–Crippen MR) is 65.7 cm³/mol. The highest BCUT2D eigenvalue weighted by atomic mass is 16.6. The van der Waals surface area contributed by atoms with E-state index in [1.165, 1.54) is 16.8 Å². The third-order valence-corrected chi connectivity index (χ3v) is 2.97. The van der Waals surface area contributed by atoms with Gasteiger partial charge in [-0.2, -0.15) is 0 Å². The molecule has 8 nitrogen and oxygen atoms in total. The highest BCUT2D eigenvalue weighted by molar-refractivity contribution is 4.88. The number of ether oxygens (including phenoxy) is 2. The molecule has 2 rings (SSSR count). The van der Waals surface area contributed by atoms with Gasteiger partial charge in [-0.25, -0.2) is 4.79 Å². The standard InChI is InChI=1S/C11H17N3O5/c12-2-4-18-7-5-10(19-8(7)6-15)14-3-1-9(16)13-11(14)17/h1,3,7-8,10,15H,2,4-6,12H2,(H,13,16,17)/t7-,8+,10+/m0/s1. The van der Waals surface area contributed by atoms with Crippen LogP contribution in [0.3, 0.4) is 0 Å². The molecule has 1 aromatic heterocycles. The minimum atomic E-state index is -0.565. The van der Waals surface area contributed by atoms with Crippen LogP contribution in [0.1, 0.15) is 12.6 Å². The maximum atomic E-state index is 11.6. The van der Waals surface area contributed by atoms with Crippen molar-refractivity contribution in [2.75, 3.05) is 19.8 Å². The Bertz CT molecular complexity index is 526. The molecule has 1 aliphatic rings. The Morgan fingerprint density at radius 2 is 2.37 bits per heavy atom. The van der Waals surface area contributed by atoms with Gasteiger partial charge in [-0.05, 0) is 0 Å². The highest BCUT2D eigenvalue weighted by Crippen LogP contribution is 2.29. The molecule has 1 aliphatic heterocycles. The van der Waals surface area contributed by atoms with Crippen LogP contribution in [0.5, 0.6) is 0 Å². The Balaban J connectivity index is 2.14. The average molecular weight is 271 g/mol. The largest absolute Gasteiger partial charge is 0.394 e. The van der Waals surface area contributed by atoms with Crippen molar-refractivity contribution >= 4 is 0 Å². The number of H-pyrrole nitrogens is 1. The monoisotopic (exact) mass is 271 g/mol. The second-order valence-electron chi connectivity index (χ2n) is 4.26. The van der Waals surface area contributed by atoms with Crippen LogP contribution in [0.4, 0.5) is 0 Å². The van der Waals surface area contributed by atoms with Gasteiger partial charge in [0.2, 0.25) is 0 Å². The van der Waals surface area contributed by atoms with Crippen molar-refractivity contribution in [3.05, 3.63) is 33.1 Å². The third-order valence-electron chi connectivity index (χ3n) is 2.97. The zero-order chi connectivity index (χ0) is 13.8. The number of aromatic nitrogens is 2. The van der Waals surface area contributed by atoms with Gasteiger partial charge in [-0.1, -0.05) is 0 Å². The van der Waals surface area contributed by atoms with Crippen molar-refractivity contribution in [1.82, 2.24) is 9.55 Å². The predicted octanol–water partition coefficient (Wildman–Crippen LogP) is -1.84. The zero-order valence-corrected chi connectivity index (χ0v) is 10.3. The Labute approximate surface area is 108 Å². The summed E-state index contributed by atoms with van der Waals surface area (Å²) in [6.07, 6.45) is 0.389. The van der Waals surface area contributed by atoms with E-state index in [1.54, 1.807) is 0 Å². The molecule has 1 aromatic rings. The molecule has 3 atom stereocenters. The van der Waals surface area contributed by atoms with Crippen molar-refractivity contribution in [1.29, 1.82) is 0 Å². The summed E-state index contributed by atoms with van der Waals surface area (Å²) in [5, 5.41) is 9.23. The quantitative estimate of drug-likeness (QED) is 0.579. The smallest absolute Gasteiger partial charge is 0.330 e. The van der Waals surface area contributed by atoms with E-state index in [2.05, 4.69) is 4.98 Å². The minimum absolute atomic E-state index is 0.205. The maximum Gasteiger partial charge on any atom is 0.330 e. The van der Waals surface area contributed by atoms with Crippen LogP contribution in [0, 0.1) is 0 Å². The topological polar surface area (TPSA) is 120 Å². The fourth-order valence-electron chi connectivity index (χ4n) is 2.08. The molecule has 0 aliphatic carbocycles. The first kappa shape index (κ1) is 13.9. The summed E-state index contributed by atoms with van der Waals surface area (Å²) >= 11 is 0. The maximum absolute atomic E-state index is 11.6. The fraction of sp³-hybridized carbons (Fsp3) is 0.636. The molecule has 0 aromatic carbocycles. The summed E-state index contributed by atoms with van der Waals surface area (Å²) in [6, 6.07) is 1.24. The Kier molecular flexibility index (Phi) is 4.48. The van der Waals surface area contributed by atoms with E-state index < -0.39 is 23.6 Å². The van der Waals surface area contributed by atoms with Crippen LogP contribution in [-0.4, -0.2) is 46.6 Å². The lowest BCUT2D eigenvalue weighted by molar-refractivity contribution is -0.0610. The van der Waals surface area contributed by atoms with Crippen LogP contribution in [0.25, 0.3) is 0 Å². The van der Waals surface area contributed by atoms with E-state index in [0.29, 0.717) is 19.6 Å². The number of aromatic amines is 1. The molecule has 1 saturated heterocycles. The number of rotatable bonds is 5. The van der Waals surface area contributed by atoms with Gasteiger partial charge in [0.15, 0.2) is 0 Å². The van der Waals surface area contributed by atoms with Crippen molar-refractivity contribution in [3.8, 4) is 0 Å². The number of aliphatic hydroxyl groups is 1. The van der Waals surface area contributed by atoms with E-state index >= 15 is 0 Å². The minimum Gasteiger partial charge on any atom is -0.394 e. The Morgan fingerprint density at radius 3 is 3.00 bits per heavy atom. The fourth-order valence-corrected chi connectivity index (χ4v) is 2.08. The molecule has 106 valence electrons. The first-order chi connectivity index (χ1) is 9.15. The van der Waals surface area contributed by atoms with Gasteiger partial charge in [-0.3, -0.25) is 14.3 Å². The molecule has 1 fully saturated rings. The molecular formula is C11H17N3O5. The van der Waals surface area contributed by atoms with Crippen LogP contribution in [-0.2, 0) is 9.47 Å². The second kappa shape index (κ2) is 6.11. The molecular weight excluding hydrogens is 254 g/mol. The summed E-state index contributed by atoms with van der Waals surface area (Å²) in [4.78, 5) is 24.8. The molecule has 2 heterocycles. The second-order valence-corrected chi connectivity index (χ2v) is 4.26. The summed E-state index contributed by atoms with van der Waals surface area (Å²) in [6.45, 7) is 0.527. The molecule has 0 amide bonds. The molecule has 8 heteroatoms. The van der Waals surface area contributed by atoms with Gasteiger partial charge < -0.3 is 20.3 Å². The van der Waals surface area contributed by atoms with E-state index in [0.717, 1.165) is 0 Å². The summed E-state index contributed by atoms with van der Waals surface area (Å²) in [5.74, 6) is 0. The van der Waals surface area contributed by atoms with Crippen LogP contribution < -0.4 is 17.0 Å². The van der Waals surface area contributed by atoms with E-state index in [1.807, 2.05) is 0 Å². The number of hydrogen-bond donors (Lipinski definition) is 3. The van der Waals surface area contributed by atoms with Crippen molar-refractivity contribution in [2.24, 2.45) is 5.73 Å². The van der Waals surface area contributed by atoms with E-state index in [9.17, 15) is 14.7 Å². The van der Waals surface area contributed by atoms with Crippen molar-refractivity contribution in [2.45, 2.75) is 24.9 Å². The van der Waals surface area contributed by atoms with E-state index in [-0.39, 0.29) is 12.7 Å². The third kappa shape index (κ3) is 3.10. The summed E-state index contributed by atoms with van der Waals surface area (Å²) < 4.78 is 12.3.